The van der Waals surface area contributed by atoms with Gasteiger partial charge in [0.05, 0.1) is 17.9 Å². The maximum absolute atomic E-state index is 12.0. The molecule has 1 aliphatic heterocycles. The highest BCUT2D eigenvalue weighted by Gasteiger charge is 2.29. The van der Waals surface area contributed by atoms with Crippen molar-refractivity contribution in [3.63, 3.8) is 0 Å². The third-order valence-electron chi connectivity index (χ3n) is 5.37. The second kappa shape index (κ2) is 7.72. The predicted octanol–water partition coefficient (Wildman–Crippen LogP) is 4.07. The van der Waals surface area contributed by atoms with Crippen molar-refractivity contribution >= 4 is 45.1 Å². The van der Waals surface area contributed by atoms with E-state index in [0.717, 1.165) is 48.2 Å². The fraction of sp³-hybridized carbons (Fsp3) is 0.632. The number of aromatic nitrogens is 2. The number of fused-ring (bicyclic) bond motifs is 3. The average molecular weight is 392 g/mol. The molecular weight excluding hydrogens is 366 g/mol. The van der Waals surface area contributed by atoms with Crippen LogP contribution in [0.4, 0.5) is 5.82 Å². The van der Waals surface area contributed by atoms with Crippen LogP contribution in [0.2, 0.25) is 0 Å². The number of piperidine rings is 1. The van der Waals surface area contributed by atoms with Crippen molar-refractivity contribution in [1.82, 2.24) is 9.97 Å². The molecule has 5 nitrogen and oxygen atoms in total. The monoisotopic (exact) mass is 391 g/mol. The van der Waals surface area contributed by atoms with Crippen molar-refractivity contribution in [2.75, 3.05) is 30.9 Å². The molecule has 0 N–H and O–H groups in total. The van der Waals surface area contributed by atoms with E-state index in [0.29, 0.717) is 6.61 Å². The molecule has 2 aliphatic rings. The number of nitrogens with zero attached hydrogens (tertiary/aromatic N) is 3. The van der Waals surface area contributed by atoms with E-state index in [2.05, 4.69) is 4.90 Å². The first-order chi connectivity index (χ1) is 12.7. The van der Waals surface area contributed by atoms with E-state index in [9.17, 15) is 4.79 Å². The Morgan fingerprint density at radius 2 is 2.04 bits per heavy atom. The highest BCUT2D eigenvalue weighted by molar-refractivity contribution is 7.98. The quantitative estimate of drug-likeness (QED) is 0.445. The highest BCUT2D eigenvalue weighted by Crippen LogP contribution is 2.41. The smallest absolute Gasteiger partial charge is 0.309 e. The maximum Gasteiger partial charge on any atom is 0.309 e. The van der Waals surface area contributed by atoms with E-state index in [-0.39, 0.29) is 11.9 Å². The SMILES string of the molecule is CCOC(=O)C1CCN(c2nc(SC)nc3sc4c(c23)CCCC4)CC1. The number of hydrogen-bond donors (Lipinski definition) is 0. The van der Waals surface area contributed by atoms with Crippen molar-refractivity contribution in [2.24, 2.45) is 5.92 Å². The zero-order valence-corrected chi connectivity index (χ0v) is 17.0. The number of ether oxygens (including phenoxy) is 1. The lowest BCUT2D eigenvalue weighted by molar-refractivity contribution is -0.148. The Labute approximate surface area is 162 Å². The molecule has 26 heavy (non-hydrogen) atoms. The molecule has 0 amide bonds. The van der Waals surface area contributed by atoms with Crippen LogP contribution in [0.5, 0.6) is 0 Å². The minimum Gasteiger partial charge on any atom is -0.466 e. The molecule has 4 rings (SSSR count). The Balaban J connectivity index is 1.65. The number of carbonyl (C=O) groups excluding carboxylic acids is 1. The van der Waals surface area contributed by atoms with Gasteiger partial charge in [0.25, 0.3) is 0 Å². The zero-order chi connectivity index (χ0) is 18.1. The number of hydrogen-bond acceptors (Lipinski definition) is 7. The van der Waals surface area contributed by atoms with Crippen molar-refractivity contribution in [1.29, 1.82) is 0 Å². The van der Waals surface area contributed by atoms with Gasteiger partial charge in [0.2, 0.25) is 0 Å². The molecule has 2 aromatic heterocycles. The van der Waals surface area contributed by atoms with E-state index < -0.39 is 0 Å². The normalized spacial score (nSPS) is 18.2. The molecule has 0 saturated carbocycles. The average Bonchev–Trinajstić information content (AvgIpc) is 3.06. The van der Waals surface area contributed by atoms with E-state index in [1.165, 1.54) is 35.1 Å². The summed E-state index contributed by atoms with van der Waals surface area (Å²) in [6, 6.07) is 0. The Morgan fingerprint density at radius 1 is 1.27 bits per heavy atom. The molecule has 3 heterocycles. The number of carbonyl (C=O) groups is 1. The van der Waals surface area contributed by atoms with Gasteiger partial charge in [0.1, 0.15) is 10.6 Å². The molecule has 0 aromatic carbocycles. The number of anilines is 1. The van der Waals surface area contributed by atoms with E-state index in [1.54, 1.807) is 11.8 Å². The van der Waals surface area contributed by atoms with Gasteiger partial charge in [-0.3, -0.25) is 4.79 Å². The van der Waals surface area contributed by atoms with Crippen LogP contribution in [0.25, 0.3) is 10.2 Å². The van der Waals surface area contributed by atoms with Crippen LogP contribution in [0.1, 0.15) is 43.0 Å². The van der Waals surface area contributed by atoms with Gasteiger partial charge < -0.3 is 9.64 Å². The topological polar surface area (TPSA) is 55.3 Å². The van der Waals surface area contributed by atoms with Crippen LogP contribution < -0.4 is 4.90 Å². The standard InChI is InChI=1S/C19H25N3O2S2/c1-3-24-18(23)12-8-10-22(11-9-12)16-15-13-6-4-5-7-14(13)26-17(15)21-19(20-16)25-2/h12H,3-11H2,1-2H3. The van der Waals surface area contributed by atoms with Crippen LogP contribution in [0.15, 0.2) is 5.16 Å². The van der Waals surface area contributed by atoms with Crippen LogP contribution in [0.3, 0.4) is 0 Å². The Morgan fingerprint density at radius 3 is 2.77 bits per heavy atom. The van der Waals surface area contributed by atoms with E-state index in [4.69, 9.17) is 14.7 Å². The lowest BCUT2D eigenvalue weighted by atomic mass is 9.95. The molecule has 2 aromatic rings. The van der Waals surface area contributed by atoms with Crippen LogP contribution in [-0.2, 0) is 22.4 Å². The molecular formula is C19H25N3O2S2. The zero-order valence-electron chi connectivity index (χ0n) is 15.4. The van der Waals surface area contributed by atoms with Gasteiger partial charge in [-0.05, 0) is 57.3 Å². The third kappa shape index (κ3) is 3.31. The lowest BCUT2D eigenvalue weighted by Gasteiger charge is -2.32. The van der Waals surface area contributed by atoms with Gasteiger partial charge >= 0.3 is 5.97 Å². The molecule has 0 bridgehead atoms. The second-order valence-electron chi connectivity index (χ2n) is 6.94. The molecule has 0 spiro atoms. The van der Waals surface area contributed by atoms with Crippen LogP contribution >= 0.6 is 23.1 Å². The summed E-state index contributed by atoms with van der Waals surface area (Å²) in [4.78, 5) is 26.7. The minimum absolute atomic E-state index is 0.0277. The Bertz CT molecular complexity index is 813. The Hall–Kier alpha value is -1.34. The number of rotatable bonds is 4. The largest absolute Gasteiger partial charge is 0.466 e. The van der Waals surface area contributed by atoms with Crippen molar-refractivity contribution in [3.8, 4) is 0 Å². The third-order valence-corrected chi connectivity index (χ3v) is 7.11. The summed E-state index contributed by atoms with van der Waals surface area (Å²) in [5, 5.41) is 2.12. The van der Waals surface area contributed by atoms with Crippen LogP contribution in [-0.4, -0.2) is 41.9 Å². The van der Waals surface area contributed by atoms with E-state index in [1.807, 2.05) is 24.5 Å². The molecule has 1 aliphatic carbocycles. The summed E-state index contributed by atoms with van der Waals surface area (Å²) >= 11 is 3.46. The molecule has 0 radical (unpaired) electrons. The first-order valence-electron chi connectivity index (χ1n) is 9.49. The number of thioether (sulfide) groups is 1. The van der Waals surface area contributed by atoms with Crippen LogP contribution in [0, 0.1) is 5.92 Å². The Kier molecular flexibility index (Phi) is 5.36. The number of esters is 1. The second-order valence-corrected chi connectivity index (χ2v) is 8.80. The fourth-order valence-corrected chi connectivity index (χ4v) is 5.70. The van der Waals surface area contributed by atoms with Gasteiger partial charge in [-0.2, -0.15) is 0 Å². The summed E-state index contributed by atoms with van der Waals surface area (Å²) in [5.41, 5.74) is 1.48. The van der Waals surface area contributed by atoms with E-state index >= 15 is 0 Å². The summed E-state index contributed by atoms with van der Waals surface area (Å²) in [5.74, 6) is 1.07. The summed E-state index contributed by atoms with van der Waals surface area (Å²) < 4.78 is 5.21. The highest BCUT2D eigenvalue weighted by atomic mass is 32.2. The molecule has 0 atom stereocenters. The molecule has 0 unspecified atom stereocenters. The first-order valence-corrected chi connectivity index (χ1v) is 11.5. The summed E-state index contributed by atoms with van der Waals surface area (Å²) in [6.07, 6.45) is 8.57. The fourth-order valence-electron chi connectivity index (χ4n) is 4.03. The van der Waals surface area contributed by atoms with Crippen molar-refractivity contribution in [3.05, 3.63) is 10.4 Å². The number of aryl methyl sites for hydroxylation is 2. The van der Waals surface area contributed by atoms with Crippen molar-refractivity contribution < 1.29 is 9.53 Å². The predicted molar refractivity (Wildman–Crippen MR) is 107 cm³/mol. The minimum atomic E-state index is -0.0438. The van der Waals surface area contributed by atoms with Crippen molar-refractivity contribution in [2.45, 2.75) is 50.6 Å². The molecule has 7 heteroatoms. The van der Waals surface area contributed by atoms with Gasteiger partial charge in [-0.1, -0.05) is 11.8 Å². The summed E-state index contributed by atoms with van der Waals surface area (Å²) in [7, 11) is 0. The maximum atomic E-state index is 12.0. The van der Waals surface area contributed by atoms with Gasteiger partial charge in [0, 0.05) is 18.0 Å². The first kappa shape index (κ1) is 18.0. The lowest BCUT2D eigenvalue weighted by Crippen LogP contribution is -2.37. The molecule has 140 valence electrons. The summed E-state index contributed by atoms with van der Waals surface area (Å²) in [6.45, 7) is 4.04. The van der Waals surface area contributed by atoms with Gasteiger partial charge in [0.15, 0.2) is 5.16 Å². The van der Waals surface area contributed by atoms with Gasteiger partial charge in [-0.25, -0.2) is 9.97 Å². The molecule has 1 fully saturated rings. The van der Waals surface area contributed by atoms with Gasteiger partial charge in [-0.15, -0.1) is 11.3 Å². The number of thiophene rings is 1. The molecule has 1 saturated heterocycles.